The predicted molar refractivity (Wildman–Crippen MR) is 87.8 cm³/mol. The summed E-state index contributed by atoms with van der Waals surface area (Å²) < 4.78 is 6.86. The van der Waals surface area contributed by atoms with Gasteiger partial charge in [-0.05, 0) is 71.9 Å². The molecule has 0 bridgehead atoms. The molecule has 1 heterocycles. The lowest BCUT2D eigenvalue weighted by Gasteiger charge is -2.11. The van der Waals surface area contributed by atoms with E-state index < -0.39 is 0 Å². The van der Waals surface area contributed by atoms with E-state index in [0.29, 0.717) is 11.9 Å². The molecule has 0 spiro atoms. The number of rotatable bonds is 5. The summed E-state index contributed by atoms with van der Waals surface area (Å²) in [5.74, 6) is 1.45. The molecule has 0 amide bonds. The van der Waals surface area contributed by atoms with E-state index in [1.165, 1.54) is 24.0 Å². The van der Waals surface area contributed by atoms with Gasteiger partial charge in [-0.15, -0.1) is 0 Å². The highest BCUT2D eigenvalue weighted by molar-refractivity contribution is 9.10. The van der Waals surface area contributed by atoms with Gasteiger partial charge in [-0.25, -0.2) is 4.98 Å². The van der Waals surface area contributed by atoms with E-state index in [1.807, 2.05) is 31.3 Å². The first-order valence-electron chi connectivity index (χ1n) is 7.25. The molecule has 0 unspecified atom stereocenters. The molecule has 1 N–H and O–H groups in total. The second-order valence-electron chi connectivity index (χ2n) is 5.66. The van der Waals surface area contributed by atoms with Gasteiger partial charge in [-0.3, -0.25) is 0 Å². The van der Waals surface area contributed by atoms with Crippen molar-refractivity contribution in [2.75, 3.05) is 0 Å². The minimum absolute atomic E-state index is 0.662. The molecule has 0 saturated heterocycles. The Morgan fingerprint density at radius 1 is 1.29 bits per heavy atom. The molecule has 1 aromatic heterocycles. The summed E-state index contributed by atoms with van der Waals surface area (Å²) in [5, 5.41) is 3.50. The van der Waals surface area contributed by atoms with Gasteiger partial charge < -0.3 is 10.1 Å². The van der Waals surface area contributed by atoms with Crippen LogP contribution in [0.3, 0.4) is 0 Å². The monoisotopic (exact) mass is 346 g/mol. The fraction of sp³-hybridized carbons (Fsp3) is 0.353. The third-order valence-corrected chi connectivity index (χ3v) is 4.17. The first kappa shape index (κ1) is 14.5. The molecule has 110 valence electrons. The maximum Gasteiger partial charge on any atom is 0.222 e. The molecule has 3 nitrogen and oxygen atoms in total. The molecule has 1 aliphatic rings. The fourth-order valence-electron chi connectivity index (χ4n) is 2.17. The molecule has 1 fully saturated rings. The van der Waals surface area contributed by atoms with Crippen LogP contribution in [0.4, 0.5) is 0 Å². The van der Waals surface area contributed by atoms with Gasteiger partial charge >= 0.3 is 0 Å². The lowest BCUT2D eigenvalue weighted by atomic mass is 10.2. The van der Waals surface area contributed by atoms with Crippen molar-refractivity contribution >= 4 is 15.9 Å². The molecule has 0 radical (unpaired) electrons. The normalized spacial score (nSPS) is 14.2. The summed E-state index contributed by atoms with van der Waals surface area (Å²) in [6.45, 7) is 4.97. The van der Waals surface area contributed by atoms with Crippen molar-refractivity contribution in [3.8, 4) is 11.6 Å². The van der Waals surface area contributed by atoms with Crippen molar-refractivity contribution in [3.63, 3.8) is 0 Å². The summed E-state index contributed by atoms with van der Waals surface area (Å²) in [6, 6.07) is 8.88. The Morgan fingerprint density at radius 2 is 2.10 bits per heavy atom. The number of hydrogen-bond acceptors (Lipinski definition) is 3. The maximum atomic E-state index is 5.91. The Labute approximate surface area is 133 Å². The molecule has 1 saturated carbocycles. The number of aryl methyl sites for hydroxylation is 2. The minimum atomic E-state index is 0.662. The zero-order chi connectivity index (χ0) is 14.8. The second kappa shape index (κ2) is 6.16. The van der Waals surface area contributed by atoms with Crippen LogP contribution >= 0.6 is 15.9 Å². The lowest BCUT2D eigenvalue weighted by Crippen LogP contribution is -2.15. The van der Waals surface area contributed by atoms with Crippen LogP contribution < -0.4 is 10.1 Å². The Morgan fingerprint density at radius 3 is 2.76 bits per heavy atom. The van der Waals surface area contributed by atoms with Crippen molar-refractivity contribution in [2.24, 2.45) is 0 Å². The maximum absolute atomic E-state index is 5.91. The third kappa shape index (κ3) is 3.83. The predicted octanol–water partition coefficient (Wildman–Crippen LogP) is 4.51. The number of benzene rings is 1. The van der Waals surface area contributed by atoms with Crippen LogP contribution in [0.1, 0.15) is 29.5 Å². The molecule has 2 aromatic rings. The van der Waals surface area contributed by atoms with Gasteiger partial charge in [0.2, 0.25) is 5.88 Å². The Hall–Kier alpha value is -1.39. The molecule has 3 rings (SSSR count). The van der Waals surface area contributed by atoms with Gasteiger partial charge in [-0.1, -0.05) is 6.07 Å². The van der Waals surface area contributed by atoms with Gasteiger partial charge in [0.05, 0.1) is 4.47 Å². The van der Waals surface area contributed by atoms with Crippen LogP contribution in [-0.4, -0.2) is 11.0 Å². The molecule has 0 atom stereocenters. The number of pyridine rings is 1. The second-order valence-corrected chi connectivity index (χ2v) is 6.51. The van der Waals surface area contributed by atoms with Crippen LogP contribution in [0.25, 0.3) is 0 Å². The van der Waals surface area contributed by atoms with Crippen molar-refractivity contribution in [2.45, 2.75) is 39.3 Å². The van der Waals surface area contributed by atoms with E-state index >= 15 is 0 Å². The summed E-state index contributed by atoms with van der Waals surface area (Å²) in [6.07, 6.45) is 4.49. The quantitative estimate of drug-likeness (QED) is 0.864. The van der Waals surface area contributed by atoms with E-state index in [9.17, 15) is 0 Å². The summed E-state index contributed by atoms with van der Waals surface area (Å²) in [4.78, 5) is 4.45. The number of halogens is 1. The van der Waals surface area contributed by atoms with Gasteiger partial charge in [0.15, 0.2) is 0 Å². The number of ether oxygens (including phenoxy) is 1. The van der Waals surface area contributed by atoms with Crippen LogP contribution in [-0.2, 0) is 6.54 Å². The molecule has 21 heavy (non-hydrogen) atoms. The lowest BCUT2D eigenvalue weighted by molar-refractivity contribution is 0.455. The van der Waals surface area contributed by atoms with Crippen molar-refractivity contribution < 1.29 is 4.74 Å². The minimum Gasteiger partial charge on any atom is -0.438 e. The summed E-state index contributed by atoms with van der Waals surface area (Å²) in [7, 11) is 0. The summed E-state index contributed by atoms with van der Waals surface area (Å²) in [5.41, 5.74) is 3.45. The van der Waals surface area contributed by atoms with Crippen LogP contribution in [0.5, 0.6) is 11.6 Å². The first-order valence-corrected chi connectivity index (χ1v) is 8.04. The van der Waals surface area contributed by atoms with Crippen LogP contribution in [0, 0.1) is 13.8 Å². The van der Waals surface area contributed by atoms with Gasteiger partial charge in [0.25, 0.3) is 0 Å². The van der Waals surface area contributed by atoms with Gasteiger partial charge in [-0.2, -0.15) is 0 Å². The van der Waals surface area contributed by atoms with Crippen molar-refractivity contribution in [1.29, 1.82) is 0 Å². The van der Waals surface area contributed by atoms with E-state index in [-0.39, 0.29) is 0 Å². The average Bonchev–Trinajstić information content (AvgIpc) is 3.26. The topological polar surface area (TPSA) is 34.1 Å². The standard InChI is InChI=1S/C17H19BrN2O/c1-11-3-6-16(15(18)7-11)21-17-12(2)8-13(10-20-17)9-19-14-4-5-14/h3,6-8,10,14,19H,4-5,9H2,1-2H3. The van der Waals surface area contributed by atoms with E-state index in [4.69, 9.17) is 4.74 Å². The third-order valence-electron chi connectivity index (χ3n) is 3.55. The molecule has 4 heteroatoms. The van der Waals surface area contributed by atoms with Crippen LogP contribution in [0.2, 0.25) is 0 Å². The smallest absolute Gasteiger partial charge is 0.222 e. The molecular formula is C17H19BrN2O. The Bertz CT molecular complexity index is 653. The number of aromatic nitrogens is 1. The van der Waals surface area contributed by atoms with Gasteiger partial charge in [0.1, 0.15) is 5.75 Å². The highest BCUT2D eigenvalue weighted by Gasteiger charge is 2.20. The van der Waals surface area contributed by atoms with E-state index in [0.717, 1.165) is 22.3 Å². The first-order chi connectivity index (χ1) is 10.1. The van der Waals surface area contributed by atoms with Gasteiger partial charge in [0, 0.05) is 24.3 Å². The zero-order valence-electron chi connectivity index (χ0n) is 12.3. The number of nitrogens with zero attached hydrogens (tertiary/aromatic N) is 1. The average molecular weight is 347 g/mol. The van der Waals surface area contributed by atoms with Crippen molar-refractivity contribution in [1.82, 2.24) is 10.3 Å². The molecule has 1 aliphatic carbocycles. The molecular weight excluding hydrogens is 328 g/mol. The SMILES string of the molecule is Cc1ccc(Oc2ncc(CNC3CC3)cc2C)c(Br)c1. The summed E-state index contributed by atoms with van der Waals surface area (Å²) >= 11 is 3.53. The van der Waals surface area contributed by atoms with Crippen molar-refractivity contribution in [3.05, 3.63) is 51.6 Å². The fourth-order valence-corrected chi connectivity index (χ4v) is 2.74. The highest BCUT2D eigenvalue weighted by Crippen LogP contribution is 2.31. The highest BCUT2D eigenvalue weighted by atomic mass is 79.9. The van der Waals surface area contributed by atoms with Crippen LogP contribution in [0.15, 0.2) is 34.9 Å². The molecule has 0 aliphatic heterocycles. The van der Waals surface area contributed by atoms with E-state index in [1.54, 1.807) is 0 Å². The number of nitrogens with one attached hydrogen (secondary N) is 1. The zero-order valence-corrected chi connectivity index (χ0v) is 13.9. The largest absolute Gasteiger partial charge is 0.438 e. The Kier molecular flexibility index (Phi) is 4.27. The van der Waals surface area contributed by atoms with E-state index in [2.05, 4.69) is 39.2 Å². The number of hydrogen-bond donors (Lipinski definition) is 1. The Balaban J connectivity index is 1.72. The molecule has 1 aromatic carbocycles.